The fraction of sp³-hybridized carbons (Fsp3) is 0.312. The molecule has 2 N–H and O–H groups in total. The summed E-state index contributed by atoms with van der Waals surface area (Å²) in [5, 5.41) is 0. The minimum absolute atomic E-state index is 0.000663. The standard InChI is InChI=1S/C16H20N2O/c1-11-6-7-18(16(19)8-11)10-15(17)14-5-4-12(2)13(3)9-14/h4-9,15H,10,17H2,1-3H3. The molecule has 0 amide bonds. The molecule has 0 radical (unpaired) electrons. The molecule has 1 aromatic carbocycles. The van der Waals surface area contributed by atoms with Crippen LogP contribution in [-0.2, 0) is 6.54 Å². The van der Waals surface area contributed by atoms with Crippen LogP contribution in [0.15, 0.2) is 41.3 Å². The van der Waals surface area contributed by atoms with Crippen molar-refractivity contribution in [2.45, 2.75) is 33.4 Å². The highest BCUT2D eigenvalue weighted by molar-refractivity contribution is 5.31. The van der Waals surface area contributed by atoms with Crippen molar-refractivity contribution < 1.29 is 0 Å². The van der Waals surface area contributed by atoms with E-state index in [2.05, 4.69) is 26.0 Å². The first-order valence-corrected chi connectivity index (χ1v) is 6.47. The molecule has 1 unspecified atom stereocenters. The van der Waals surface area contributed by atoms with Gasteiger partial charge in [-0.2, -0.15) is 0 Å². The van der Waals surface area contributed by atoms with E-state index >= 15 is 0 Å². The summed E-state index contributed by atoms with van der Waals surface area (Å²) >= 11 is 0. The molecule has 19 heavy (non-hydrogen) atoms. The fourth-order valence-corrected chi connectivity index (χ4v) is 2.07. The first-order valence-electron chi connectivity index (χ1n) is 6.47. The van der Waals surface area contributed by atoms with Gasteiger partial charge in [-0.05, 0) is 49.1 Å². The molecule has 0 saturated carbocycles. The SMILES string of the molecule is Cc1ccn(CC(N)c2ccc(C)c(C)c2)c(=O)c1. The average molecular weight is 256 g/mol. The van der Waals surface area contributed by atoms with Crippen molar-refractivity contribution in [2.24, 2.45) is 5.73 Å². The largest absolute Gasteiger partial charge is 0.322 e. The van der Waals surface area contributed by atoms with Crippen LogP contribution < -0.4 is 11.3 Å². The second-order valence-corrected chi connectivity index (χ2v) is 5.14. The van der Waals surface area contributed by atoms with Crippen molar-refractivity contribution in [2.75, 3.05) is 0 Å². The summed E-state index contributed by atoms with van der Waals surface area (Å²) in [6.45, 7) is 6.56. The maximum atomic E-state index is 11.8. The van der Waals surface area contributed by atoms with E-state index in [0.29, 0.717) is 6.54 Å². The van der Waals surface area contributed by atoms with Crippen molar-refractivity contribution in [3.8, 4) is 0 Å². The highest BCUT2D eigenvalue weighted by Crippen LogP contribution is 2.16. The van der Waals surface area contributed by atoms with Gasteiger partial charge in [0.2, 0.25) is 0 Å². The fourth-order valence-electron chi connectivity index (χ4n) is 2.07. The van der Waals surface area contributed by atoms with Crippen LogP contribution in [0, 0.1) is 20.8 Å². The van der Waals surface area contributed by atoms with E-state index in [4.69, 9.17) is 5.73 Å². The second kappa shape index (κ2) is 5.41. The first-order chi connectivity index (χ1) is 8.97. The first kappa shape index (κ1) is 13.6. The predicted octanol–water partition coefficient (Wildman–Crippen LogP) is 2.47. The average Bonchev–Trinajstić information content (AvgIpc) is 2.36. The molecule has 0 saturated heterocycles. The molecule has 2 aromatic rings. The van der Waals surface area contributed by atoms with Crippen molar-refractivity contribution in [3.63, 3.8) is 0 Å². The summed E-state index contributed by atoms with van der Waals surface area (Å²) < 4.78 is 1.66. The van der Waals surface area contributed by atoms with Crippen molar-refractivity contribution >= 4 is 0 Å². The lowest BCUT2D eigenvalue weighted by molar-refractivity contribution is 0.561. The molecule has 0 aliphatic rings. The third kappa shape index (κ3) is 3.12. The van der Waals surface area contributed by atoms with Gasteiger partial charge in [0.05, 0.1) is 0 Å². The molecular weight excluding hydrogens is 236 g/mol. The zero-order valence-electron chi connectivity index (χ0n) is 11.7. The van der Waals surface area contributed by atoms with Crippen LogP contribution in [-0.4, -0.2) is 4.57 Å². The van der Waals surface area contributed by atoms with Crippen LogP contribution in [0.25, 0.3) is 0 Å². The van der Waals surface area contributed by atoms with E-state index in [1.54, 1.807) is 16.8 Å². The summed E-state index contributed by atoms with van der Waals surface area (Å²) in [7, 11) is 0. The molecule has 0 aliphatic carbocycles. The van der Waals surface area contributed by atoms with E-state index < -0.39 is 0 Å². The molecule has 0 spiro atoms. The molecule has 3 heteroatoms. The second-order valence-electron chi connectivity index (χ2n) is 5.14. The van der Waals surface area contributed by atoms with Crippen LogP contribution in [0.1, 0.15) is 28.3 Å². The number of hydrogen-bond acceptors (Lipinski definition) is 2. The van der Waals surface area contributed by atoms with E-state index in [1.165, 1.54) is 11.1 Å². The Morgan fingerprint density at radius 3 is 2.47 bits per heavy atom. The van der Waals surface area contributed by atoms with Gasteiger partial charge in [-0.15, -0.1) is 0 Å². The monoisotopic (exact) mass is 256 g/mol. The lowest BCUT2D eigenvalue weighted by Crippen LogP contribution is -2.26. The summed E-state index contributed by atoms with van der Waals surface area (Å²) in [5.41, 5.74) is 10.7. The van der Waals surface area contributed by atoms with E-state index in [0.717, 1.165) is 11.1 Å². The van der Waals surface area contributed by atoms with Gasteiger partial charge >= 0.3 is 0 Å². The van der Waals surface area contributed by atoms with E-state index in [9.17, 15) is 4.79 Å². The number of rotatable bonds is 3. The molecule has 0 fully saturated rings. The molecular formula is C16H20N2O. The van der Waals surface area contributed by atoms with Crippen molar-refractivity contribution in [1.29, 1.82) is 0 Å². The zero-order chi connectivity index (χ0) is 14.0. The number of aryl methyl sites for hydroxylation is 3. The number of aromatic nitrogens is 1. The van der Waals surface area contributed by atoms with Gasteiger partial charge in [0, 0.05) is 24.8 Å². The third-order valence-corrected chi connectivity index (χ3v) is 3.50. The third-order valence-electron chi connectivity index (χ3n) is 3.50. The summed E-state index contributed by atoms with van der Waals surface area (Å²) in [4.78, 5) is 11.8. The number of benzene rings is 1. The molecule has 3 nitrogen and oxygen atoms in total. The number of pyridine rings is 1. The van der Waals surface area contributed by atoms with Gasteiger partial charge in [0.15, 0.2) is 0 Å². The Morgan fingerprint density at radius 2 is 1.84 bits per heavy atom. The topological polar surface area (TPSA) is 48.0 Å². The van der Waals surface area contributed by atoms with Gasteiger partial charge in [0.25, 0.3) is 5.56 Å². The van der Waals surface area contributed by atoms with Crippen LogP contribution in [0.4, 0.5) is 0 Å². The lowest BCUT2D eigenvalue weighted by atomic mass is 10.0. The van der Waals surface area contributed by atoms with Gasteiger partial charge in [-0.25, -0.2) is 0 Å². The number of hydrogen-bond donors (Lipinski definition) is 1. The molecule has 1 aromatic heterocycles. The van der Waals surface area contributed by atoms with Crippen LogP contribution in [0.5, 0.6) is 0 Å². The number of nitrogens with two attached hydrogens (primary N) is 1. The predicted molar refractivity (Wildman–Crippen MR) is 78.3 cm³/mol. The highest BCUT2D eigenvalue weighted by atomic mass is 16.1. The zero-order valence-corrected chi connectivity index (χ0v) is 11.7. The van der Waals surface area contributed by atoms with Gasteiger partial charge in [0.1, 0.15) is 0 Å². The number of nitrogens with zero attached hydrogens (tertiary/aromatic N) is 1. The quantitative estimate of drug-likeness (QED) is 0.917. The molecule has 1 atom stereocenters. The summed E-state index contributed by atoms with van der Waals surface area (Å²) in [5.74, 6) is 0. The van der Waals surface area contributed by atoms with Crippen LogP contribution in [0.2, 0.25) is 0 Å². The van der Waals surface area contributed by atoms with Gasteiger partial charge in [-0.1, -0.05) is 18.2 Å². The molecule has 0 aliphatic heterocycles. The lowest BCUT2D eigenvalue weighted by Gasteiger charge is -2.15. The Balaban J connectivity index is 2.22. The maximum Gasteiger partial charge on any atom is 0.250 e. The summed E-state index contributed by atoms with van der Waals surface area (Å²) in [6, 6.07) is 9.59. The Kier molecular flexibility index (Phi) is 3.86. The van der Waals surface area contributed by atoms with Gasteiger partial charge < -0.3 is 10.3 Å². The normalized spacial score (nSPS) is 12.4. The highest BCUT2D eigenvalue weighted by Gasteiger charge is 2.08. The minimum atomic E-state index is -0.167. The Morgan fingerprint density at radius 1 is 1.11 bits per heavy atom. The Hall–Kier alpha value is -1.87. The smallest absolute Gasteiger partial charge is 0.250 e. The van der Waals surface area contributed by atoms with Crippen LogP contribution >= 0.6 is 0 Å². The molecule has 0 bridgehead atoms. The Labute approximate surface area is 113 Å². The molecule has 2 rings (SSSR count). The van der Waals surface area contributed by atoms with E-state index in [1.807, 2.05) is 19.1 Å². The molecule has 1 heterocycles. The maximum absolute atomic E-state index is 11.8. The van der Waals surface area contributed by atoms with E-state index in [-0.39, 0.29) is 11.6 Å². The van der Waals surface area contributed by atoms with Crippen LogP contribution in [0.3, 0.4) is 0 Å². The molecule has 100 valence electrons. The van der Waals surface area contributed by atoms with Crippen molar-refractivity contribution in [1.82, 2.24) is 4.57 Å². The van der Waals surface area contributed by atoms with Gasteiger partial charge in [-0.3, -0.25) is 4.79 Å². The van der Waals surface area contributed by atoms with Crippen molar-refractivity contribution in [3.05, 3.63) is 69.1 Å². The Bertz CT molecular complexity index is 643. The summed E-state index contributed by atoms with van der Waals surface area (Å²) in [6.07, 6.45) is 1.80. The minimum Gasteiger partial charge on any atom is -0.322 e.